The first-order valence-corrected chi connectivity index (χ1v) is 6.86. The summed E-state index contributed by atoms with van der Waals surface area (Å²) in [6.07, 6.45) is 0.153. The highest BCUT2D eigenvalue weighted by atomic mass is 16.4. The number of likely N-dealkylation sites (tertiary alicyclic amines) is 1. The molecule has 0 aliphatic carbocycles. The van der Waals surface area contributed by atoms with Crippen molar-refractivity contribution in [2.24, 2.45) is 11.3 Å². The highest BCUT2D eigenvalue weighted by Gasteiger charge is 2.39. The van der Waals surface area contributed by atoms with E-state index < -0.39 is 23.3 Å². The third kappa shape index (κ3) is 3.71. The molecule has 2 atom stereocenters. The lowest BCUT2D eigenvalue weighted by Gasteiger charge is -2.28. The third-order valence-corrected chi connectivity index (χ3v) is 3.55. The summed E-state index contributed by atoms with van der Waals surface area (Å²) in [5.74, 6) is -1.93. The zero-order chi connectivity index (χ0) is 15.7. The Hall–Kier alpha value is -1.59. The van der Waals surface area contributed by atoms with Crippen molar-refractivity contribution in [3.05, 3.63) is 0 Å². The molecule has 0 saturated carbocycles. The molecule has 2 amide bonds. The quantitative estimate of drug-likeness (QED) is 0.801. The zero-order valence-electron chi connectivity index (χ0n) is 12.8. The Morgan fingerprint density at radius 3 is 2.25 bits per heavy atom. The molecule has 1 aliphatic rings. The van der Waals surface area contributed by atoms with Gasteiger partial charge in [0, 0.05) is 19.0 Å². The average Bonchev–Trinajstić information content (AvgIpc) is 2.65. The summed E-state index contributed by atoms with van der Waals surface area (Å²) in [5.41, 5.74) is -0.582. The number of amides is 2. The van der Waals surface area contributed by atoms with Gasteiger partial charge in [0.15, 0.2) is 0 Å². The maximum atomic E-state index is 12.2. The Bertz CT molecular complexity index is 412. The van der Waals surface area contributed by atoms with Crippen molar-refractivity contribution in [2.75, 3.05) is 6.54 Å². The second-order valence-electron chi connectivity index (χ2n) is 6.69. The summed E-state index contributed by atoms with van der Waals surface area (Å²) in [4.78, 5) is 36.8. The van der Waals surface area contributed by atoms with Crippen molar-refractivity contribution in [3.63, 3.8) is 0 Å². The molecule has 1 saturated heterocycles. The number of hydrogen-bond donors (Lipinski definition) is 2. The largest absolute Gasteiger partial charge is 0.480 e. The lowest BCUT2D eigenvalue weighted by atomic mass is 9.86. The number of carbonyl (C=O) groups excluding carboxylic acids is 2. The fraction of sp³-hybridized carbons (Fsp3) is 0.786. The molecule has 1 fully saturated rings. The van der Waals surface area contributed by atoms with Gasteiger partial charge in [0.25, 0.3) is 0 Å². The summed E-state index contributed by atoms with van der Waals surface area (Å²) < 4.78 is 0. The van der Waals surface area contributed by atoms with Crippen LogP contribution < -0.4 is 5.32 Å². The molecule has 1 heterocycles. The minimum absolute atomic E-state index is 0.0530. The SMILES string of the molecule is CC(C)N1CC(C(=O)N[C@H](C(=O)O)C(C)(C)C)CC1=O. The lowest BCUT2D eigenvalue weighted by Crippen LogP contribution is -2.51. The summed E-state index contributed by atoms with van der Waals surface area (Å²) in [6.45, 7) is 9.42. The van der Waals surface area contributed by atoms with E-state index in [2.05, 4.69) is 5.32 Å². The van der Waals surface area contributed by atoms with Crippen LogP contribution in [-0.4, -0.2) is 46.4 Å². The van der Waals surface area contributed by atoms with E-state index in [1.165, 1.54) is 0 Å². The van der Waals surface area contributed by atoms with Gasteiger partial charge in [0.1, 0.15) is 6.04 Å². The molecule has 1 rings (SSSR count). The molecule has 0 aromatic heterocycles. The molecule has 6 nitrogen and oxygen atoms in total. The van der Waals surface area contributed by atoms with E-state index in [-0.39, 0.29) is 24.3 Å². The van der Waals surface area contributed by atoms with Gasteiger partial charge >= 0.3 is 5.97 Å². The molecular formula is C14H24N2O4. The van der Waals surface area contributed by atoms with E-state index in [4.69, 9.17) is 0 Å². The summed E-state index contributed by atoms with van der Waals surface area (Å²) in [5, 5.41) is 11.8. The fourth-order valence-corrected chi connectivity index (χ4v) is 2.32. The van der Waals surface area contributed by atoms with Gasteiger partial charge in [-0.2, -0.15) is 0 Å². The highest BCUT2D eigenvalue weighted by Crippen LogP contribution is 2.23. The van der Waals surface area contributed by atoms with Crippen molar-refractivity contribution in [1.82, 2.24) is 10.2 Å². The molecule has 0 spiro atoms. The van der Waals surface area contributed by atoms with Crippen LogP contribution in [0.3, 0.4) is 0 Å². The van der Waals surface area contributed by atoms with Gasteiger partial charge in [-0.25, -0.2) is 4.79 Å². The number of nitrogens with zero attached hydrogens (tertiary/aromatic N) is 1. The molecule has 1 unspecified atom stereocenters. The Morgan fingerprint density at radius 2 is 1.90 bits per heavy atom. The first-order chi connectivity index (χ1) is 9.04. The Morgan fingerprint density at radius 1 is 1.35 bits per heavy atom. The summed E-state index contributed by atoms with van der Waals surface area (Å²) in [7, 11) is 0. The maximum absolute atomic E-state index is 12.2. The van der Waals surface area contributed by atoms with Crippen molar-refractivity contribution >= 4 is 17.8 Å². The van der Waals surface area contributed by atoms with E-state index in [1.54, 1.807) is 25.7 Å². The van der Waals surface area contributed by atoms with Crippen LogP contribution in [0.4, 0.5) is 0 Å². The monoisotopic (exact) mass is 284 g/mol. The number of hydrogen-bond acceptors (Lipinski definition) is 3. The number of nitrogens with one attached hydrogen (secondary N) is 1. The van der Waals surface area contributed by atoms with E-state index in [0.29, 0.717) is 6.54 Å². The third-order valence-electron chi connectivity index (χ3n) is 3.55. The Kier molecular flexibility index (Phi) is 4.78. The molecule has 20 heavy (non-hydrogen) atoms. The van der Waals surface area contributed by atoms with E-state index in [1.807, 2.05) is 13.8 Å². The molecule has 114 valence electrons. The van der Waals surface area contributed by atoms with Crippen molar-refractivity contribution in [3.8, 4) is 0 Å². The van der Waals surface area contributed by atoms with Crippen LogP contribution in [0.2, 0.25) is 0 Å². The van der Waals surface area contributed by atoms with Crippen molar-refractivity contribution in [2.45, 2.75) is 53.1 Å². The Labute approximate surface area is 119 Å². The molecule has 0 bridgehead atoms. The standard InChI is InChI=1S/C14H24N2O4/c1-8(2)16-7-9(6-10(16)17)12(18)15-11(13(19)20)14(3,4)5/h8-9,11H,6-7H2,1-5H3,(H,15,18)(H,19,20)/t9?,11-/m1/s1. The first-order valence-electron chi connectivity index (χ1n) is 6.86. The minimum atomic E-state index is -1.06. The summed E-state index contributed by atoms with van der Waals surface area (Å²) >= 11 is 0. The van der Waals surface area contributed by atoms with Crippen LogP contribution in [0.15, 0.2) is 0 Å². The number of aliphatic carboxylic acids is 1. The van der Waals surface area contributed by atoms with Crippen LogP contribution in [0.1, 0.15) is 41.0 Å². The number of carboxylic acids is 1. The predicted molar refractivity (Wildman–Crippen MR) is 74.0 cm³/mol. The van der Waals surface area contributed by atoms with Crippen LogP contribution in [0, 0.1) is 11.3 Å². The van der Waals surface area contributed by atoms with Gasteiger partial charge in [-0.05, 0) is 19.3 Å². The molecule has 2 N–H and O–H groups in total. The van der Waals surface area contributed by atoms with Gasteiger partial charge in [-0.1, -0.05) is 20.8 Å². The van der Waals surface area contributed by atoms with Gasteiger partial charge in [0.2, 0.25) is 11.8 Å². The van der Waals surface area contributed by atoms with Crippen LogP contribution in [-0.2, 0) is 14.4 Å². The van der Waals surface area contributed by atoms with Gasteiger partial charge in [0.05, 0.1) is 5.92 Å². The molecule has 1 aliphatic heterocycles. The number of rotatable bonds is 4. The molecule has 0 aromatic rings. The average molecular weight is 284 g/mol. The smallest absolute Gasteiger partial charge is 0.326 e. The number of carbonyl (C=O) groups is 3. The van der Waals surface area contributed by atoms with Gasteiger partial charge in [-0.15, -0.1) is 0 Å². The van der Waals surface area contributed by atoms with Crippen molar-refractivity contribution in [1.29, 1.82) is 0 Å². The topological polar surface area (TPSA) is 86.7 Å². The van der Waals surface area contributed by atoms with Crippen LogP contribution in [0.25, 0.3) is 0 Å². The second-order valence-corrected chi connectivity index (χ2v) is 6.69. The Balaban J connectivity index is 2.73. The highest BCUT2D eigenvalue weighted by molar-refractivity contribution is 5.91. The molecule has 6 heteroatoms. The lowest BCUT2D eigenvalue weighted by molar-refractivity contribution is -0.145. The molecular weight excluding hydrogens is 260 g/mol. The van der Waals surface area contributed by atoms with E-state index >= 15 is 0 Å². The molecule has 0 radical (unpaired) electrons. The second kappa shape index (κ2) is 5.81. The van der Waals surface area contributed by atoms with Crippen LogP contribution >= 0.6 is 0 Å². The zero-order valence-corrected chi connectivity index (χ0v) is 12.8. The predicted octanol–water partition coefficient (Wildman–Crippen LogP) is 0.859. The maximum Gasteiger partial charge on any atom is 0.326 e. The van der Waals surface area contributed by atoms with Crippen LogP contribution in [0.5, 0.6) is 0 Å². The normalized spacial score (nSPS) is 21.2. The molecule has 0 aromatic carbocycles. The van der Waals surface area contributed by atoms with E-state index in [9.17, 15) is 19.5 Å². The van der Waals surface area contributed by atoms with Crippen molar-refractivity contribution < 1.29 is 19.5 Å². The van der Waals surface area contributed by atoms with Gasteiger partial charge < -0.3 is 15.3 Å². The number of carboxylic acid groups (broad SMARTS) is 1. The first kappa shape index (κ1) is 16.5. The van der Waals surface area contributed by atoms with E-state index in [0.717, 1.165) is 0 Å². The summed E-state index contributed by atoms with van der Waals surface area (Å²) in [6, 6.07) is -0.906. The fourth-order valence-electron chi connectivity index (χ4n) is 2.32. The van der Waals surface area contributed by atoms with Gasteiger partial charge in [-0.3, -0.25) is 9.59 Å². The minimum Gasteiger partial charge on any atom is -0.480 e.